The summed E-state index contributed by atoms with van der Waals surface area (Å²) in [5.41, 5.74) is 12.7. The van der Waals surface area contributed by atoms with Crippen LogP contribution in [0.1, 0.15) is 131 Å². The fraction of sp³-hybridized carbons (Fsp3) is 0.595. The first-order valence-corrected chi connectivity index (χ1v) is 40.0. The SMILES string of the molecule is CC[C@H](C)[C@H](NC(=O)[C@@H](N)Cc1ccccc1)C(=O)N[C@H](C(=O)N[C@@H](C)C(=O)N[C@@H](Cc1c[nH]cn1)C(=O)N[C@@H](CC(=O)O)C(=O)N[C@@H](C)C(=O)N[C@@H](CCSC)C(=O)N[C@@H](Cc1c[nH]cn1)C(=O)NCC(=O)N[C@@H](CO)C(=O)N[C@@H](CC(C)C)C(=O)N[C@@H](C)C(=O)N1CCC[C@H]1C(=O)NCC(=O)N[C@@H](CCCNC(=N)N)C(=O)O)C(C)C. The van der Waals surface area contributed by atoms with E-state index in [1.807, 2.05) is 13.0 Å². The normalized spacial score (nSPS) is 16.0. The number of H-pyrrole nitrogens is 2. The van der Waals surface area contributed by atoms with E-state index in [1.165, 1.54) is 62.5 Å². The van der Waals surface area contributed by atoms with Crippen LogP contribution in [-0.2, 0) is 101 Å². The number of hydrogen-bond acceptors (Lipinski definition) is 23. The molecule has 1 aliphatic rings. The molecule has 0 saturated carbocycles. The zero-order chi connectivity index (χ0) is 88.0. The molecule has 652 valence electrons. The summed E-state index contributed by atoms with van der Waals surface area (Å²) in [4.78, 5) is 245. The molecular weight excluding hydrogens is 1560 g/mol. The maximum Gasteiger partial charge on any atom is 0.326 e. The van der Waals surface area contributed by atoms with Gasteiger partial charge >= 0.3 is 11.9 Å². The molecule has 0 spiro atoms. The predicted molar refractivity (Wildman–Crippen MR) is 427 cm³/mol. The van der Waals surface area contributed by atoms with Crippen LogP contribution in [0, 0.1) is 23.2 Å². The Morgan fingerprint density at radius 1 is 0.559 bits per heavy atom. The number of nitrogens with one attached hydrogen (secondary N) is 18. The van der Waals surface area contributed by atoms with Crippen LogP contribution in [0.3, 0.4) is 0 Å². The number of aromatic amines is 2. The third-order valence-electron chi connectivity index (χ3n) is 18.8. The number of likely N-dealkylation sites (tertiary alicyclic amines) is 1. The van der Waals surface area contributed by atoms with E-state index in [2.05, 4.69) is 99.7 Å². The van der Waals surface area contributed by atoms with E-state index in [4.69, 9.17) is 16.9 Å². The van der Waals surface area contributed by atoms with Gasteiger partial charge in [-0.1, -0.05) is 78.3 Å². The van der Waals surface area contributed by atoms with E-state index in [0.717, 1.165) is 5.56 Å². The summed E-state index contributed by atoms with van der Waals surface area (Å²) >= 11 is 1.27. The van der Waals surface area contributed by atoms with Gasteiger partial charge in [0.25, 0.3) is 0 Å². The smallest absolute Gasteiger partial charge is 0.326 e. The predicted octanol–water partition coefficient (Wildman–Crippen LogP) is -6.10. The van der Waals surface area contributed by atoms with Crippen molar-refractivity contribution >= 4 is 118 Å². The van der Waals surface area contributed by atoms with Gasteiger partial charge in [0, 0.05) is 38.3 Å². The molecular formula is C74H115N23O20S. The van der Waals surface area contributed by atoms with Crippen molar-refractivity contribution in [2.24, 2.45) is 29.2 Å². The molecule has 44 heteroatoms. The number of nitrogens with zero attached hydrogens (tertiary/aromatic N) is 3. The summed E-state index contributed by atoms with van der Waals surface area (Å²) in [6.45, 7) is 11.8. The van der Waals surface area contributed by atoms with Crippen molar-refractivity contribution in [3.8, 4) is 0 Å². The number of hydrogen-bond donors (Lipinski definition) is 23. The molecule has 3 heterocycles. The van der Waals surface area contributed by atoms with Gasteiger partial charge in [-0.3, -0.25) is 82.1 Å². The molecule has 43 nitrogen and oxygen atoms in total. The minimum Gasteiger partial charge on any atom is -0.481 e. The van der Waals surface area contributed by atoms with Crippen LogP contribution in [0.2, 0.25) is 0 Å². The number of carbonyl (C=O) groups is 17. The van der Waals surface area contributed by atoms with Crippen molar-refractivity contribution in [1.82, 2.24) is 105 Å². The number of carboxylic acid groups (broad SMARTS) is 2. The molecule has 0 radical (unpaired) electrons. The lowest BCUT2D eigenvalue weighted by Crippen LogP contribution is -2.61. The first-order chi connectivity index (χ1) is 55.8. The van der Waals surface area contributed by atoms with Gasteiger partial charge in [0.05, 0.1) is 56.2 Å². The second-order valence-electron chi connectivity index (χ2n) is 29.3. The Morgan fingerprint density at radius 3 is 1.60 bits per heavy atom. The number of thioether (sulfide) groups is 1. The van der Waals surface area contributed by atoms with Crippen molar-refractivity contribution in [3.05, 3.63) is 72.3 Å². The van der Waals surface area contributed by atoms with Crippen molar-refractivity contribution in [2.45, 2.75) is 218 Å². The van der Waals surface area contributed by atoms with Gasteiger partial charge in [0.2, 0.25) is 88.6 Å². The van der Waals surface area contributed by atoms with E-state index in [-0.39, 0.29) is 93.5 Å². The van der Waals surface area contributed by atoms with Crippen LogP contribution in [0.15, 0.2) is 55.4 Å². The van der Waals surface area contributed by atoms with Gasteiger partial charge in [-0.25, -0.2) is 14.8 Å². The summed E-state index contributed by atoms with van der Waals surface area (Å²) in [6, 6.07) is -10.6. The average Bonchev–Trinajstić information content (AvgIpc) is 1.63. The number of guanidine groups is 1. The Kier molecular flexibility index (Phi) is 41.7. The fourth-order valence-electron chi connectivity index (χ4n) is 12.1. The van der Waals surface area contributed by atoms with E-state index in [0.29, 0.717) is 12.8 Å². The largest absolute Gasteiger partial charge is 0.481 e. The molecule has 25 N–H and O–H groups in total. The second-order valence-corrected chi connectivity index (χ2v) is 30.3. The number of aliphatic hydroxyl groups is 1. The molecule has 0 unspecified atom stereocenters. The lowest BCUT2D eigenvalue weighted by Gasteiger charge is -2.29. The van der Waals surface area contributed by atoms with Crippen molar-refractivity contribution in [2.75, 3.05) is 44.8 Å². The quantitative estimate of drug-likeness (QED) is 0.0142. The van der Waals surface area contributed by atoms with Gasteiger partial charge in [0.1, 0.15) is 78.5 Å². The van der Waals surface area contributed by atoms with Crippen LogP contribution < -0.4 is 91.2 Å². The van der Waals surface area contributed by atoms with Crippen LogP contribution in [0.5, 0.6) is 0 Å². The molecule has 1 fully saturated rings. The van der Waals surface area contributed by atoms with E-state index in [1.54, 1.807) is 65.1 Å². The molecule has 1 aromatic carbocycles. The number of amides is 15. The molecule has 118 heavy (non-hydrogen) atoms. The Hall–Kier alpha value is -11.8. The van der Waals surface area contributed by atoms with Gasteiger partial charge in [0.15, 0.2) is 5.96 Å². The number of aromatic nitrogens is 4. The molecule has 15 atom stereocenters. The number of benzene rings is 1. The highest BCUT2D eigenvalue weighted by Crippen LogP contribution is 2.20. The van der Waals surface area contributed by atoms with Gasteiger partial charge in [-0.05, 0) is 101 Å². The Labute approximate surface area is 686 Å². The lowest BCUT2D eigenvalue weighted by molar-refractivity contribution is -0.143. The van der Waals surface area contributed by atoms with Crippen LogP contribution in [0.4, 0.5) is 0 Å². The molecule has 1 saturated heterocycles. The molecule has 0 aliphatic carbocycles. The van der Waals surface area contributed by atoms with Crippen molar-refractivity contribution in [3.63, 3.8) is 0 Å². The molecule has 1 aliphatic heterocycles. The zero-order valence-electron chi connectivity index (χ0n) is 67.7. The summed E-state index contributed by atoms with van der Waals surface area (Å²) in [5, 5.41) is 74.2. The summed E-state index contributed by atoms with van der Waals surface area (Å²) in [7, 11) is 0. The van der Waals surface area contributed by atoms with Crippen LogP contribution in [-0.4, -0.2) is 276 Å². The Morgan fingerprint density at radius 2 is 1.06 bits per heavy atom. The number of aliphatic hydroxyl groups excluding tert-OH is 1. The van der Waals surface area contributed by atoms with Gasteiger partial charge in [-0.2, -0.15) is 11.8 Å². The van der Waals surface area contributed by atoms with Crippen LogP contribution >= 0.6 is 11.8 Å². The average molecular weight is 1680 g/mol. The maximum atomic E-state index is 14.2. The number of aliphatic carboxylic acids is 2. The molecule has 4 rings (SSSR count). The topological polar surface area (TPSA) is 668 Å². The Balaban J connectivity index is 1.39. The maximum absolute atomic E-state index is 14.2. The number of carbonyl (C=O) groups excluding carboxylic acids is 15. The molecule has 15 amide bonds. The standard InChI is InChI=1S/C74H115N23O20S/c1-11-39(6)59(96-62(105)46(75)26-43-17-13-12-14-18-43)71(114)95-58(38(4)5)70(113)86-41(8)61(104)91-51(28-45-31-79-36-84-45)67(110)94-52(29-57(101)102)66(109)85-40(7)60(103)90-47(21-24-118-10)64(107)93-50(27-44-30-78-35-83-44)63(106)81-32-56(100)89-53(34-98)68(111)92-49(25-37(2)3)65(108)87-42(9)72(115)97-23-16-20-54(97)69(112)82-33-55(99)88-48(73(116)117)19-15-22-80-74(76)77/h12-14,17-18,30-31,35-42,46-54,58-59,98H,11,15-16,19-29,32-34,75H2,1-10H3,(H,78,83)(H,79,84)(H,81,106)(H,82,112)(H,85,109)(H,86,113)(H,87,108)(H,88,99)(H,89,100)(H,90,103)(H,91,104)(H,92,111)(H,93,107)(H,94,110)(H,95,114)(H,96,105)(H,101,102)(H,116,117)(H4,76,77,80)/t39-,40-,41-,42-,46-,47-,48-,49-,50-,51-,52-,53-,54-,58-,59-/m0/s1. The van der Waals surface area contributed by atoms with E-state index >= 15 is 0 Å². The highest BCUT2D eigenvalue weighted by molar-refractivity contribution is 7.98. The fourth-order valence-corrected chi connectivity index (χ4v) is 12.5. The van der Waals surface area contributed by atoms with E-state index < -0.39 is 223 Å². The molecule has 2 aromatic heterocycles. The third-order valence-corrected chi connectivity index (χ3v) is 19.5. The highest BCUT2D eigenvalue weighted by Gasteiger charge is 2.40. The lowest BCUT2D eigenvalue weighted by atomic mass is 9.95. The van der Waals surface area contributed by atoms with E-state index in [9.17, 15) is 96.8 Å². The summed E-state index contributed by atoms with van der Waals surface area (Å²) in [6.07, 6.45) is 6.62. The molecule has 0 bridgehead atoms. The third kappa shape index (κ3) is 33.8. The minimum absolute atomic E-state index is 0.0186. The summed E-state index contributed by atoms with van der Waals surface area (Å²) in [5.74, 6) is -17.8. The van der Waals surface area contributed by atoms with Crippen LogP contribution in [0.25, 0.3) is 0 Å². The van der Waals surface area contributed by atoms with Gasteiger partial charge < -0.3 is 121 Å². The first-order valence-electron chi connectivity index (χ1n) is 38.6. The summed E-state index contributed by atoms with van der Waals surface area (Å²) < 4.78 is 0. The first kappa shape index (κ1) is 98.5. The second kappa shape index (κ2) is 49.9. The Bertz CT molecular complexity index is 3910. The number of nitrogens with two attached hydrogens (primary N) is 2. The van der Waals surface area contributed by atoms with Crippen molar-refractivity contribution < 1.29 is 96.8 Å². The number of imidazole rings is 2. The minimum atomic E-state index is -1.93. The van der Waals surface area contributed by atoms with Crippen molar-refractivity contribution in [1.29, 1.82) is 5.41 Å². The number of carboxylic acids is 2. The molecule has 3 aromatic rings. The zero-order valence-corrected chi connectivity index (χ0v) is 68.5. The highest BCUT2D eigenvalue weighted by atomic mass is 32.2. The monoisotopic (exact) mass is 1680 g/mol. The number of rotatable bonds is 51. The van der Waals surface area contributed by atoms with Gasteiger partial charge in [-0.15, -0.1) is 0 Å².